The Morgan fingerprint density at radius 3 is 2.09 bits per heavy atom. The molecule has 0 radical (unpaired) electrons. The van der Waals surface area contributed by atoms with Gasteiger partial charge in [0, 0.05) is 29.8 Å². The van der Waals surface area contributed by atoms with E-state index in [0.29, 0.717) is 0 Å². The van der Waals surface area contributed by atoms with Crippen molar-refractivity contribution in [1.82, 2.24) is 5.16 Å². The van der Waals surface area contributed by atoms with E-state index in [2.05, 4.69) is 10.1 Å². The van der Waals surface area contributed by atoms with Crippen LogP contribution in [-0.2, 0) is 12.4 Å². The summed E-state index contributed by atoms with van der Waals surface area (Å²) in [7, 11) is 0. The van der Waals surface area contributed by atoms with Crippen LogP contribution in [-0.4, -0.2) is 23.0 Å². The largest absolute Gasteiger partial charge is 0.416 e. The molecule has 1 aromatic heterocycles. The Morgan fingerprint density at radius 2 is 1.52 bits per heavy atom. The van der Waals surface area contributed by atoms with Crippen molar-refractivity contribution in [1.29, 1.82) is 0 Å². The molecule has 1 aliphatic rings. The average molecular weight is 466 g/mol. The molecule has 2 atom stereocenters. The van der Waals surface area contributed by atoms with Gasteiger partial charge in [0.15, 0.2) is 5.76 Å². The average Bonchev–Trinajstić information content (AvgIpc) is 3.23. The molecule has 0 amide bonds. The molecule has 4 rings (SSSR count). The van der Waals surface area contributed by atoms with Gasteiger partial charge in [-0.3, -0.25) is 4.99 Å². The monoisotopic (exact) mass is 466 g/mol. The number of halogens is 6. The van der Waals surface area contributed by atoms with Crippen LogP contribution in [0.1, 0.15) is 22.8 Å². The van der Waals surface area contributed by atoms with Crippen molar-refractivity contribution in [2.75, 3.05) is 6.54 Å². The molecular formula is C23H16F6N2O2. The van der Waals surface area contributed by atoms with Crippen LogP contribution in [0.2, 0.25) is 0 Å². The number of aliphatic hydroxyl groups excluding tert-OH is 1. The highest BCUT2D eigenvalue weighted by molar-refractivity contribution is 5.75. The molecule has 0 aliphatic carbocycles. The van der Waals surface area contributed by atoms with Crippen LogP contribution in [0.15, 0.2) is 70.2 Å². The molecule has 172 valence electrons. The molecule has 1 N–H and O–H groups in total. The van der Waals surface area contributed by atoms with E-state index in [1.807, 2.05) is 0 Å². The van der Waals surface area contributed by atoms with Crippen molar-refractivity contribution in [3.05, 3.63) is 77.4 Å². The Balaban J connectivity index is 1.88. The molecule has 0 bridgehead atoms. The lowest BCUT2D eigenvalue weighted by Gasteiger charge is -2.21. The number of alkyl halides is 6. The predicted octanol–water partition coefficient (Wildman–Crippen LogP) is 6.34. The van der Waals surface area contributed by atoms with Gasteiger partial charge in [0.05, 0.1) is 22.8 Å². The van der Waals surface area contributed by atoms with E-state index in [4.69, 9.17) is 4.52 Å². The summed E-state index contributed by atoms with van der Waals surface area (Å²) >= 11 is 0. The summed E-state index contributed by atoms with van der Waals surface area (Å²) in [6.07, 6.45) is -5.82. The standard InChI is InChI=1S/C23H16F6N2O2/c24-22(25,26)16-7-1-4-13(10-16)19-18(20(32)15-6-3-9-30-12-15)21(33-31-19)14-5-2-8-17(11-14)23(27,28)29/h1-11,15,20,32H,12H2. The molecular weight excluding hydrogens is 450 g/mol. The predicted molar refractivity (Wildman–Crippen MR) is 108 cm³/mol. The summed E-state index contributed by atoms with van der Waals surface area (Å²) in [5.74, 6) is -0.743. The van der Waals surface area contributed by atoms with E-state index in [-0.39, 0.29) is 34.7 Å². The second-order valence-electron chi connectivity index (χ2n) is 7.44. The Kier molecular flexibility index (Phi) is 5.87. The van der Waals surface area contributed by atoms with Crippen LogP contribution in [0, 0.1) is 5.92 Å². The summed E-state index contributed by atoms with van der Waals surface area (Å²) in [6.45, 7) is 0.174. The minimum absolute atomic E-state index is 0.00383. The van der Waals surface area contributed by atoms with Crippen LogP contribution in [0.4, 0.5) is 26.3 Å². The second kappa shape index (κ2) is 8.51. The first-order chi connectivity index (χ1) is 15.6. The minimum atomic E-state index is -4.63. The molecule has 2 unspecified atom stereocenters. The highest BCUT2D eigenvalue weighted by atomic mass is 19.4. The number of aliphatic imine (C=N–C) groups is 1. The topological polar surface area (TPSA) is 58.6 Å². The van der Waals surface area contributed by atoms with Gasteiger partial charge in [-0.15, -0.1) is 0 Å². The molecule has 0 saturated heterocycles. The van der Waals surface area contributed by atoms with Crippen LogP contribution < -0.4 is 0 Å². The van der Waals surface area contributed by atoms with Crippen LogP contribution >= 0.6 is 0 Å². The number of hydrogen-bond donors (Lipinski definition) is 1. The Labute approximate surface area is 183 Å². The maximum absolute atomic E-state index is 13.2. The van der Waals surface area contributed by atoms with E-state index in [1.54, 1.807) is 12.2 Å². The first kappa shape index (κ1) is 22.8. The summed E-state index contributed by atoms with van der Waals surface area (Å²) in [6, 6.07) is 8.49. The molecule has 0 fully saturated rings. The van der Waals surface area contributed by atoms with Crippen LogP contribution in [0.25, 0.3) is 22.6 Å². The van der Waals surface area contributed by atoms with E-state index in [1.165, 1.54) is 30.5 Å². The number of benzene rings is 2. The van der Waals surface area contributed by atoms with Gasteiger partial charge in [-0.05, 0) is 30.3 Å². The molecule has 3 aromatic rings. The molecule has 2 heterocycles. The third-order valence-electron chi connectivity index (χ3n) is 5.21. The molecule has 4 nitrogen and oxygen atoms in total. The Morgan fingerprint density at radius 1 is 0.909 bits per heavy atom. The van der Waals surface area contributed by atoms with E-state index in [0.717, 1.165) is 24.3 Å². The zero-order chi connectivity index (χ0) is 23.8. The lowest BCUT2D eigenvalue weighted by molar-refractivity contribution is -0.138. The zero-order valence-corrected chi connectivity index (χ0v) is 16.7. The van der Waals surface area contributed by atoms with E-state index < -0.39 is 35.5 Å². The van der Waals surface area contributed by atoms with Gasteiger partial charge < -0.3 is 9.63 Å². The minimum Gasteiger partial charge on any atom is -0.387 e. The summed E-state index contributed by atoms with van der Waals surface area (Å²) in [5, 5.41) is 15.0. The highest BCUT2D eigenvalue weighted by Gasteiger charge is 2.35. The summed E-state index contributed by atoms with van der Waals surface area (Å²) in [5.41, 5.74) is -2.01. The number of nitrogens with zero attached hydrogens (tertiary/aromatic N) is 2. The van der Waals surface area contributed by atoms with Gasteiger partial charge in [0.1, 0.15) is 5.69 Å². The maximum atomic E-state index is 13.2. The summed E-state index contributed by atoms with van der Waals surface area (Å²) < 4.78 is 84.7. The lowest BCUT2D eigenvalue weighted by atomic mass is 9.89. The van der Waals surface area contributed by atoms with Gasteiger partial charge in [-0.1, -0.05) is 35.5 Å². The van der Waals surface area contributed by atoms with Crippen molar-refractivity contribution < 1.29 is 36.0 Å². The van der Waals surface area contributed by atoms with Crippen molar-refractivity contribution in [2.24, 2.45) is 10.9 Å². The molecule has 1 aliphatic heterocycles. The second-order valence-corrected chi connectivity index (χ2v) is 7.44. The van der Waals surface area contributed by atoms with Crippen molar-refractivity contribution >= 4 is 6.21 Å². The summed E-state index contributed by atoms with van der Waals surface area (Å²) in [4.78, 5) is 4.07. The number of rotatable bonds is 4. The normalized spacial score (nSPS) is 17.4. The third-order valence-corrected chi connectivity index (χ3v) is 5.21. The van der Waals surface area contributed by atoms with E-state index >= 15 is 0 Å². The van der Waals surface area contributed by atoms with Crippen molar-refractivity contribution in [2.45, 2.75) is 18.5 Å². The SMILES string of the molecule is OC(c1c(-c2cccc(C(F)(F)F)c2)noc1-c1cccc(C(F)(F)F)c1)C1C=CC=NC1. The molecule has 0 spiro atoms. The quantitative estimate of drug-likeness (QED) is 0.457. The molecule has 10 heteroatoms. The van der Waals surface area contributed by atoms with Crippen molar-refractivity contribution in [3.8, 4) is 22.6 Å². The molecule has 2 aromatic carbocycles. The van der Waals surface area contributed by atoms with Crippen LogP contribution in [0.5, 0.6) is 0 Å². The van der Waals surface area contributed by atoms with Gasteiger partial charge in [0.2, 0.25) is 0 Å². The van der Waals surface area contributed by atoms with Gasteiger partial charge in [-0.25, -0.2) is 0 Å². The highest BCUT2D eigenvalue weighted by Crippen LogP contribution is 2.42. The zero-order valence-electron chi connectivity index (χ0n) is 16.7. The molecule has 0 saturated carbocycles. The Hall–Kier alpha value is -3.40. The Bertz CT molecular complexity index is 1140. The first-order valence-electron chi connectivity index (χ1n) is 9.75. The van der Waals surface area contributed by atoms with Gasteiger partial charge in [-0.2, -0.15) is 26.3 Å². The van der Waals surface area contributed by atoms with E-state index in [9.17, 15) is 31.4 Å². The lowest BCUT2D eigenvalue weighted by Crippen LogP contribution is -2.16. The maximum Gasteiger partial charge on any atom is 0.416 e. The number of hydrogen-bond acceptors (Lipinski definition) is 4. The first-order valence-corrected chi connectivity index (χ1v) is 9.75. The number of aliphatic hydroxyl groups is 1. The fourth-order valence-corrected chi connectivity index (χ4v) is 3.58. The smallest absolute Gasteiger partial charge is 0.387 e. The third kappa shape index (κ3) is 4.70. The van der Waals surface area contributed by atoms with Gasteiger partial charge in [0.25, 0.3) is 0 Å². The number of aromatic nitrogens is 1. The number of allylic oxidation sites excluding steroid dienone is 1. The fourth-order valence-electron chi connectivity index (χ4n) is 3.58. The van der Waals surface area contributed by atoms with Crippen LogP contribution in [0.3, 0.4) is 0 Å². The van der Waals surface area contributed by atoms with Crippen molar-refractivity contribution in [3.63, 3.8) is 0 Å². The molecule has 33 heavy (non-hydrogen) atoms. The number of dihydropyridines is 1. The van der Waals surface area contributed by atoms with Gasteiger partial charge >= 0.3 is 12.4 Å². The fraction of sp³-hybridized carbons (Fsp3) is 0.217.